The van der Waals surface area contributed by atoms with Crippen LogP contribution in [0.4, 0.5) is 4.39 Å². The van der Waals surface area contributed by atoms with Crippen LogP contribution in [-0.2, 0) is 6.32 Å². The van der Waals surface area contributed by atoms with Gasteiger partial charge in [-0.2, -0.15) is 0 Å². The van der Waals surface area contributed by atoms with E-state index in [-0.39, 0.29) is 5.82 Å². The Kier molecular flexibility index (Phi) is 3.18. The van der Waals surface area contributed by atoms with E-state index in [1.165, 1.54) is 17.6 Å². The zero-order valence-electron chi connectivity index (χ0n) is 8.36. The van der Waals surface area contributed by atoms with Crippen molar-refractivity contribution in [1.29, 1.82) is 0 Å². The number of halogens is 1. The third-order valence-corrected chi connectivity index (χ3v) is 2.29. The summed E-state index contributed by atoms with van der Waals surface area (Å²) in [5, 5.41) is 0. The maximum atomic E-state index is 12.6. The van der Waals surface area contributed by atoms with E-state index < -0.39 is 0 Å². The highest BCUT2D eigenvalue weighted by molar-refractivity contribution is 6.52. The molecule has 0 heterocycles. The second-order valence-corrected chi connectivity index (χ2v) is 3.45. The minimum Gasteiger partial charge on any atom is -0.207 e. The molecule has 0 aliphatic rings. The number of hydrogen-bond donors (Lipinski definition) is 0. The van der Waals surface area contributed by atoms with Gasteiger partial charge in [-0.3, -0.25) is 0 Å². The Bertz CT molecular complexity index is 408. The summed E-state index contributed by atoms with van der Waals surface area (Å²) in [6.07, 6.45) is 0.838. The Labute approximate surface area is 90.0 Å². The van der Waals surface area contributed by atoms with Crippen molar-refractivity contribution in [3.8, 4) is 0 Å². The van der Waals surface area contributed by atoms with Crippen molar-refractivity contribution >= 4 is 12.7 Å². The lowest BCUT2D eigenvalue weighted by atomic mass is 9.65. The third-order valence-electron chi connectivity index (χ3n) is 2.29. The van der Waals surface area contributed by atoms with Crippen molar-refractivity contribution in [1.82, 2.24) is 0 Å². The highest BCUT2D eigenvalue weighted by Gasteiger charge is 1.97. The fourth-order valence-electron chi connectivity index (χ4n) is 1.45. The van der Waals surface area contributed by atoms with Crippen LogP contribution >= 0.6 is 0 Å². The number of benzene rings is 2. The lowest BCUT2D eigenvalue weighted by Crippen LogP contribution is -2.15. The molecule has 0 nitrogen and oxygen atoms in total. The van der Waals surface area contributed by atoms with E-state index in [9.17, 15) is 4.39 Å². The fraction of sp³-hybridized carbons (Fsp3) is 0.0769. The van der Waals surface area contributed by atoms with E-state index in [0.717, 1.165) is 11.9 Å². The largest absolute Gasteiger partial charge is 0.207 e. The van der Waals surface area contributed by atoms with E-state index in [0.29, 0.717) is 0 Å². The molecule has 0 spiro atoms. The molecule has 0 saturated carbocycles. The molecular weight excluding hydrogens is 186 g/mol. The normalized spacial score (nSPS) is 9.93. The zero-order valence-corrected chi connectivity index (χ0v) is 8.36. The molecule has 1 radical (unpaired) electrons. The van der Waals surface area contributed by atoms with Crippen molar-refractivity contribution in [2.24, 2.45) is 0 Å². The number of rotatable bonds is 3. The van der Waals surface area contributed by atoms with Crippen molar-refractivity contribution in [3.63, 3.8) is 0 Å². The molecule has 2 heteroatoms. The van der Waals surface area contributed by atoms with Crippen molar-refractivity contribution in [3.05, 3.63) is 66.0 Å². The van der Waals surface area contributed by atoms with Crippen LogP contribution in [0.2, 0.25) is 0 Å². The van der Waals surface area contributed by atoms with Gasteiger partial charge in [-0.05, 0) is 18.5 Å². The first-order valence-corrected chi connectivity index (χ1v) is 4.97. The van der Waals surface area contributed by atoms with Gasteiger partial charge in [-0.15, -0.1) is 0 Å². The third kappa shape index (κ3) is 2.95. The summed E-state index contributed by atoms with van der Waals surface area (Å²) in [5.41, 5.74) is 2.32. The summed E-state index contributed by atoms with van der Waals surface area (Å²) < 4.78 is 12.6. The second-order valence-electron chi connectivity index (χ2n) is 3.45. The molecule has 0 saturated heterocycles. The lowest BCUT2D eigenvalue weighted by molar-refractivity contribution is 0.627. The van der Waals surface area contributed by atoms with Gasteiger partial charge in [0, 0.05) is 0 Å². The summed E-state index contributed by atoms with van der Waals surface area (Å²) >= 11 is 0. The molecule has 0 amide bonds. The second kappa shape index (κ2) is 4.78. The van der Waals surface area contributed by atoms with Gasteiger partial charge in [-0.1, -0.05) is 53.5 Å². The van der Waals surface area contributed by atoms with Gasteiger partial charge in [-0.25, -0.2) is 4.39 Å². The molecule has 0 bridgehead atoms. The van der Waals surface area contributed by atoms with Crippen molar-refractivity contribution < 1.29 is 4.39 Å². The Hall–Kier alpha value is -1.57. The number of hydrogen-bond acceptors (Lipinski definition) is 0. The van der Waals surface area contributed by atoms with Gasteiger partial charge in [0.25, 0.3) is 0 Å². The average molecular weight is 197 g/mol. The molecule has 0 aliphatic carbocycles. The molecule has 0 fully saturated rings. The molecular formula is C13H11BF. The van der Waals surface area contributed by atoms with E-state index >= 15 is 0 Å². The summed E-state index contributed by atoms with van der Waals surface area (Å²) in [7, 11) is 2.13. The van der Waals surface area contributed by atoms with Crippen LogP contribution in [0.3, 0.4) is 0 Å². The van der Waals surface area contributed by atoms with Crippen LogP contribution in [-0.4, -0.2) is 7.28 Å². The maximum absolute atomic E-state index is 12.6. The predicted molar refractivity (Wildman–Crippen MR) is 61.9 cm³/mol. The molecule has 0 aliphatic heterocycles. The van der Waals surface area contributed by atoms with Crippen LogP contribution < -0.4 is 5.46 Å². The Morgan fingerprint density at radius 1 is 0.867 bits per heavy atom. The topological polar surface area (TPSA) is 0 Å². The van der Waals surface area contributed by atoms with Gasteiger partial charge >= 0.3 is 0 Å². The average Bonchev–Trinajstić information content (AvgIpc) is 2.30. The SMILES string of the molecule is Fc1ccc(C[B]c2ccccc2)cc1. The van der Waals surface area contributed by atoms with Gasteiger partial charge < -0.3 is 0 Å². The molecule has 2 rings (SSSR count). The van der Waals surface area contributed by atoms with E-state index in [1.54, 1.807) is 0 Å². The lowest BCUT2D eigenvalue weighted by Gasteiger charge is -2.00. The molecule has 73 valence electrons. The highest BCUT2D eigenvalue weighted by Crippen LogP contribution is 2.02. The van der Waals surface area contributed by atoms with Crippen molar-refractivity contribution in [2.45, 2.75) is 6.32 Å². The molecule has 0 unspecified atom stereocenters. The van der Waals surface area contributed by atoms with Crippen LogP contribution in [0.5, 0.6) is 0 Å². The summed E-state index contributed by atoms with van der Waals surface area (Å²) in [6.45, 7) is 0. The van der Waals surface area contributed by atoms with E-state index in [4.69, 9.17) is 0 Å². The van der Waals surface area contributed by atoms with Gasteiger partial charge in [0.1, 0.15) is 5.82 Å². The quantitative estimate of drug-likeness (QED) is 0.662. The van der Waals surface area contributed by atoms with Gasteiger partial charge in [0.05, 0.1) is 0 Å². The van der Waals surface area contributed by atoms with Gasteiger partial charge in [0.2, 0.25) is 0 Å². The molecule has 2 aromatic rings. The maximum Gasteiger partial charge on any atom is 0.156 e. The Morgan fingerprint density at radius 3 is 2.20 bits per heavy atom. The monoisotopic (exact) mass is 197 g/mol. The van der Waals surface area contributed by atoms with Crippen LogP contribution in [0.15, 0.2) is 54.6 Å². The Morgan fingerprint density at radius 2 is 1.53 bits per heavy atom. The van der Waals surface area contributed by atoms with Crippen LogP contribution in [0.25, 0.3) is 0 Å². The first-order chi connectivity index (χ1) is 7.34. The summed E-state index contributed by atoms with van der Waals surface area (Å²) in [5.74, 6) is -0.182. The summed E-state index contributed by atoms with van der Waals surface area (Å²) in [6, 6.07) is 16.8. The zero-order chi connectivity index (χ0) is 10.5. The summed E-state index contributed by atoms with van der Waals surface area (Å²) in [4.78, 5) is 0. The van der Waals surface area contributed by atoms with E-state index in [2.05, 4.69) is 19.4 Å². The minimum atomic E-state index is -0.182. The first-order valence-electron chi connectivity index (χ1n) is 4.97. The molecule has 0 N–H and O–H groups in total. The fourth-order valence-corrected chi connectivity index (χ4v) is 1.45. The Balaban J connectivity index is 1.96. The minimum absolute atomic E-state index is 0.182. The predicted octanol–water partition coefficient (Wildman–Crippen LogP) is 2.36. The standard InChI is InChI=1S/C13H11BF/c15-13-8-6-11(7-9-13)10-14-12-4-2-1-3-5-12/h1-9H,10H2. The van der Waals surface area contributed by atoms with Crippen molar-refractivity contribution in [2.75, 3.05) is 0 Å². The molecule has 0 aromatic heterocycles. The molecule has 2 aromatic carbocycles. The van der Waals surface area contributed by atoms with E-state index in [1.807, 2.05) is 30.3 Å². The smallest absolute Gasteiger partial charge is 0.156 e. The van der Waals surface area contributed by atoms with Crippen LogP contribution in [0.1, 0.15) is 5.56 Å². The molecule has 15 heavy (non-hydrogen) atoms. The highest BCUT2D eigenvalue weighted by atomic mass is 19.1. The van der Waals surface area contributed by atoms with Gasteiger partial charge in [0.15, 0.2) is 7.28 Å². The molecule has 0 atom stereocenters. The first kappa shape index (κ1) is 9.97. The van der Waals surface area contributed by atoms with Crippen LogP contribution in [0, 0.1) is 5.82 Å².